The predicted molar refractivity (Wildman–Crippen MR) is 88.5 cm³/mol. The zero-order valence-electron chi connectivity index (χ0n) is 13.0. The number of likely N-dealkylation sites (tertiary alicyclic amines) is 1. The van der Waals surface area contributed by atoms with E-state index in [9.17, 15) is 14.0 Å². The zero-order valence-corrected chi connectivity index (χ0v) is 14.6. The van der Waals surface area contributed by atoms with Crippen LogP contribution in [0.4, 0.5) is 10.1 Å². The smallest absolute Gasteiger partial charge is 0.310 e. The average molecular weight is 387 g/mol. The van der Waals surface area contributed by atoms with E-state index in [2.05, 4.69) is 21.2 Å². The number of nitrogens with zero attached hydrogens (tertiary/aromatic N) is 1. The number of benzene rings is 1. The number of nitrogens with one attached hydrogen (secondary N) is 1. The average Bonchev–Trinajstić information content (AvgIpc) is 2.50. The van der Waals surface area contributed by atoms with Crippen molar-refractivity contribution in [2.24, 2.45) is 5.92 Å². The van der Waals surface area contributed by atoms with E-state index in [1.165, 1.54) is 12.1 Å². The fourth-order valence-electron chi connectivity index (χ4n) is 2.64. The lowest BCUT2D eigenvalue weighted by atomic mass is 9.98. The molecule has 1 heterocycles. The molecule has 1 aromatic carbocycles. The Kier molecular flexibility index (Phi) is 6.53. The minimum Gasteiger partial charge on any atom is -0.466 e. The number of hydrogen-bond acceptors (Lipinski definition) is 4. The first-order valence-electron chi connectivity index (χ1n) is 7.63. The van der Waals surface area contributed by atoms with Gasteiger partial charge in [0.15, 0.2) is 0 Å². The van der Waals surface area contributed by atoms with Gasteiger partial charge in [-0.25, -0.2) is 4.39 Å². The van der Waals surface area contributed by atoms with Crippen LogP contribution in [-0.2, 0) is 14.3 Å². The first-order valence-corrected chi connectivity index (χ1v) is 8.42. The van der Waals surface area contributed by atoms with Crippen LogP contribution < -0.4 is 5.32 Å². The molecule has 0 aromatic heterocycles. The standard InChI is InChI=1S/C16H20BrFN2O3/c1-2-23-16(22)11-4-3-7-20(9-11)10-15(21)19-14-6-5-12(17)8-13(14)18/h5-6,8,11H,2-4,7,9-10H2,1H3,(H,19,21)/t11-/m1/s1. The number of rotatable bonds is 5. The third kappa shape index (κ3) is 5.28. The molecule has 1 N–H and O–H groups in total. The Morgan fingerprint density at radius 2 is 2.26 bits per heavy atom. The van der Waals surface area contributed by atoms with E-state index in [0.717, 1.165) is 19.4 Å². The van der Waals surface area contributed by atoms with Gasteiger partial charge in [-0.1, -0.05) is 15.9 Å². The normalized spacial score (nSPS) is 18.5. The molecular weight excluding hydrogens is 367 g/mol. The minimum absolute atomic E-state index is 0.130. The van der Waals surface area contributed by atoms with Gasteiger partial charge in [-0.15, -0.1) is 0 Å². The monoisotopic (exact) mass is 386 g/mol. The molecule has 126 valence electrons. The number of amides is 1. The fourth-order valence-corrected chi connectivity index (χ4v) is 2.97. The summed E-state index contributed by atoms with van der Waals surface area (Å²) < 4.78 is 19.4. The summed E-state index contributed by atoms with van der Waals surface area (Å²) in [6, 6.07) is 4.47. The van der Waals surface area contributed by atoms with Gasteiger partial charge in [0.25, 0.3) is 0 Å². The summed E-state index contributed by atoms with van der Waals surface area (Å²) in [5, 5.41) is 2.56. The lowest BCUT2D eigenvalue weighted by Gasteiger charge is -2.30. The lowest BCUT2D eigenvalue weighted by molar-refractivity contribution is -0.150. The van der Waals surface area contributed by atoms with Crippen LogP contribution in [0.3, 0.4) is 0 Å². The molecule has 1 amide bonds. The summed E-state index contributed by atoms with van der Waals surface area (Å²) in [7, 11) is 0. The molecule has 0 saturated carbocycles. The Morgan fingerprint density at radius 1 is 1.48 bits per heavy atom. The van der Waals surface area contributed by atoms with Gasteiger partial charge in [0.2, 0.25) is 5.91 Å². The molecule has 0 unspecified atom stereocenters. The Hall–Kier alpha value is -1.47. The molecule has 1 saturated heterocycles. The van der Waals surface area contributed by atoms with Gasteiger partial charge in [0.1, 0.15) is 5.82 Å². The van der Waals surface area contributed by atoms with E-state index in [-0.39, 0.29) is 30.0 Å². The summed E-state index contributed by atoms with van der Waals surface area (Å²) in [5.41, 5.74) is 0.150. The van der Waals surface area contributed by atoms with Crippen LogP contribution in [0.1, 0.15) is 19.8 Å². The Bertz CT molecular complexity index is 582. The molecule has 2 rings (SSSR count). The van der Waals surface area contributed by atoms with Gasteiger partial charge in [-0.3, -0.25) is 14.5 Å². The molecule has 0 spiro atoms. The van der Waals surface area contributed by atoms with Crippen LogP contribution in [0, 0.1) is 11.7 Å². The molecule has 0 bridgehead atoms. The number of halogens is 2. The molecule has 1 atom stereocenters. The van der Waals surface area contributed by atoms with E-state index in [1.807, 2.05) is 4.90 Å². The van der Waals surface area contributed by atoms with Crippen molar-refractivity contribution < 1.29 is 18.7 Å². The second-order valence-electron chi connectivity index (χ2n) is 5.50. The molecular formula is C16H20BrFN2O3. The highest BCUT2D eigenvalue weighted by Gasteiger charge is 2.27. The van der Waals surface area contributed by atoms with E-state index in [1.54, 1.807) is 13.0 Å². The van der Waals surface area contributed by atoms with Crippen molar-refractivity contribution in [2.45, 2.75) is 19.8 Å². The maximum atomic E-state index is 13.7. The molecule has 1 aliphatic heterocycles. The lowest BCUT2D eigenvalue weighted by Crippen LogP contribution is -2.43. The van der Waals surface area contributed by atoms with Crippen molar-refractivity contribution in [3.63, 3.8) is 0 Å². The van der Waals surface area contributed by atoms with Gasteiger partial charge < -0.3 is 10.1 Å². The number of carbonyl (C=O) groups excluding carboxylic acids is 2. The van der Waals surface area contributed by atoms with Gasteiger partial charge in [-0.2, -0.15) is 0 Å². The van der Waals surface area contributed by atoms with Crippen molar-refractivity contribution in [3.8, 4) is 0 Å². The Morgan fingerprint density at radius 3 is 2.96 bits per heavy atom. The molecule has 1 fully saturated rings. The number of ether oxygens (including phenoxy) is 1. The van der Waals surface area contributed by atoms with Crippen LogP contribution in [0.25, 0.3) is 0 Å². The Labute approximate surface area is 143 Å². The highest BCUT2D eigenvalue weighted by atomic mass is 79.9. The largest absolute Gasteiger partial charge is 0.466 e. The van der Waals surface area contributed by atoms with Crippen LogP contribution in [0.5, 0.6) is 0 Å². The van der Waals surface area contributed by atoms with Crippen LogP contribution in [0.2, 0.25) is 0 Å². The number of anilines is 1. The summed E-state index contributed by atoms with van der Waals surface area (Å²) in [6.45, 7) is 3.50. The first-order chi connectivity index (χ1) is 11.0. The van der Waals surface area contributed by atoms with E-state index in [4.69, 9.17) is 4.74 Å². The Balaban J connectivity index is 1.88. The number of esters is 1. The molecule has 5 nitrogen and oxygen atoms in total. The summed E-state index contributed by atoms with van der Waals surface area (Å²) in [6.07, 6.45) is 1.61. The minimum atomic E-state index is -0.490. The quantitative estimate of drug-likeness (QED) is 0.790. The summed E-state index contributed by atoms with van der Waals surface area (Å²) in [4.78, 5) is 25.8. The molecule has 7 heteroatoms. The van der Waals surface area contributed by atoms with Crippen molar-refractivity contribution in [2.75, 3.05) is 31.6 Å². The third-order valence-electron chi connectivity index (χ3n) is 3.70. The maximum absolute atomic E-state index is 13.7. The maximum Gasteiger partial charge on any atom is 0.310 e. The topological polar surface area (TPSA) is 58.6 Å². The highest BCUT2D eigenvalue weighted by molar-refractivity contribution is 9.10. The molecule has 23 heavy (non-hydrogen) atoms. The number of piperidine rings is 1. The third-order valence-corrected chi connectivity index (χ3v) is 4.19. The van der Waals surface area contributed by atoms with E-state index in [0.29, 0.717) is 17.6 Å². The van der Waals surface area contributed by atoms with Gasteiger partial charge in [0.05, 0.1) is 24.8 Å². The number of carbonyl (C=O) groups is 2. The molecule has 1 aliphatic rings. The predicted octanol–water partition coefficient (Wildman–Crippen LogP) is 2.80. The van der Waals surface area contributed by atoms with Crippen molar-refractivity contribution >= 4 is 33.5 Å². The molecule has 0 radical (unpaired) electrons. The second-order valence-corrected chi connectivity index (χ2v) is 6.41. The fraction of sp³-hybridized carbons (Fsp3) is 0.500. The van der Waals surface area contributed by atoms with E-state index >= 15 is 0 Å². The summed E-state index contributed by atoms with van der Waals surface area (Å²) >= 11 is 3.17. The summed E-state index contributed by atoms with van der Waals surface area (Å²) in [5.74, 6) is -1.19. The second kappa shape index (κ2) is 8.40. The highest BCUT2D eigenvalue weighted by Crippen LogP contribution is 2.20. The van der Waals surface area contributed by atoms with Crippen molar-refractivity contribution in [1.82, 2.24) is 4.90 Å². The van der Waals surface area contributed by atoms with Gasteiger partial charge in [-0.05, 0) is 44.5 Å². The van der Waals surface area contributed by atoms with Gasteiger partial charge >= 0.3 is 5.97 Å². The van der Waals surface area contributed by atoms with Crippen molar-refractivity contribution in [3.05, 3.63) is 28.5 Å². The van der Waals surface area contributed by atoms with Crippen LogP contribution >= 0.6 is 15.9 Å². The first kappa shape index (κ1) is 17.9. The zero-order chi connectivity index (χ0) is 16.8. The van der Waals surface area contributed by atoms with Gasteiger partial charge in [0, 0.05) is 11.0 Å². The van der Waals surface area contributed by atoms with E-state index < -0.39 is 5.82 Å². The number of hydrogen-bond donors (Lipinski definition) is 1. The van der Waals surface area contributed by atoms with Crippen LogP contribution in [-0.4, -0.2) is 43.0 Å². The molecule has 1 aromatic rings. The van der Waals surface area contributed by atoms with Crippen LogP contribution in [0.15, 0.2) is 22.7 Å². The van der Waals surface area contributed by atoms with Crippen molar-refractivity contribution in [1.29, 1.82) is 0 Å². The SMILES string of the molecule is CCOC(=O)[C@@H]1CCCN(CC(=O)Nc2ccc(Br)cc2F)C1. The molecule has 0 aliphatic carbocycles.